The Labute approximate surface area is 170 Å². The van der Waals surface area contributed by atoms with E-state index in [4.69, 9.17) is 4.74 Å². The third-order valence-corrected chi connectivity index (χ3v) is 5.65. The number of carbonyl (C=O) groups is 1. The number of nitrogens with zero attached hydrogens (tertiary/aromatic N) is 2. The maximum Gasteiger partial charge on any atom is 0.346 e. The van der Waals surface area contributed by atoms with E-state index in [1.54, 1.807) is 6.92 Å². The molecule has 0 spiro atoms. The highest BCUT2D eigenvalue weighted by atomic mass is 32.1. The normalized spacial score (nSPS) is 11.3. The minimum Gasteiger partial charge on any atom is -0.488 e. The molecule has 0 aliphatic heterocycles. The fraction of sp³-hybridized carbons (Fsp3) is 0.400. The van der Waals surface area contributed by atoms with Crippen LogP contribution in [0.1, 0.15) is 47.5 Å². The van der Waals surface area contributed by atoms with Crippen molar-refractivity contribution in [1.82, 2.24) is 14.5 Å². The largest absolute Gasteiger partial charge is 0.488 e. The molecule has 3 rings (SSSR count). The van der Waals surface area contributed by atoms with Gasteiger partial charge in [-0.1, -0.05) is 20.8 Å². The molecular formula is C20H23N3O5S. The lowest BCUT2D eigenvalue weighted by molar-refractivity contribution is 0.0701. The van der Waals surface area contributed by atoms with Crippen molar-refractivity contribution in [3.05, 3.63) is 54.8 Å². The average molecular weight is 417 g/mol. The predicted molar refractivity (Wildman–Crippen MR) is 111 cm³/mol. The quantitative estimate of drug-likeness (QED) is 0.611. The van der Waals surface area contributed by atoms with Crippen molar-refractivity contribution in [1.29, 1.82) is 0 Å². The first-order chi connectivity index (χ1) is 13.7. The van der Waals surface area contributed by atoms with Crippen LogP contribution in [0.3, 0.4) is 0 Å². The van der Waals surface area contributed by atoms with Crippen molar-refractivity contribution in [2.75, 3.05) is 6.61 Å². The summed E-state index contributed by atoms with van der Waals surface area (Å²) in [6.07, 6.45) is 1.99. The maximum absolute atomic E-state index is 13.1. The first kappa shape index (κ1) is 20.8. The van der Waals surface area contributed by atoms with Crippen LogP contribution in [0.4, 0.5) is 0 Å². The molecule has 0 saturated heterocycles. The minimum atomic E-state index is -1.07. The zero-order valence-corrected chi connectivity index (χ0v) is 17.6. The van der Waals surface area contributed by atoms with Gasteiger partial charge < -0.3 is 14.8 Å². The van der Waals surface area contributed by atoms with Crippen molar-refractivity contribution in [2.24, 2.45) is 5.92 Å². The first-order valence-corrected chi connectivity index (χ1v) is 10.1. The smallest absolute Gasteiger partial charge is 0.346 e. The number of thiophene rings is 1. The third-order valence-electron chi connectivity index (χ3n) is 4.48. The van der Waals surface area contributed by atoms with E-state index in [2.05, 4.69) is 9.97 Å². The molecule has 0 atom stereocenters. The van der Waals surface area contributed by atoms with E-state index in [0.29, 0.717) is 46.2 Å². The van der Waals surface area contributed by atoms with Gasteiger partial charge in [-0.25, -0.2) is 9.78 Å². The van der Waals surface area contributed by atoms with Gasteiger partial charge in [0, 0.05) is 24.4 Å². The number of aromatic carboxylic acids is 1. The molecule has 0 aliphatic rings. The van der Waals surface area contributed by atoms with E-state index in [-0.39, 0.29) is 28.2 Å². The number of fused-ring (bicyclic) bond motifs is 1. The number of H-pyrrole nitrogens is 1. The Balaban J connectivity index is 2.04. The first-order valence-electron chi connectivity index (χ1n) is 9.33. The molecule has 3 aromatic heterocycles. The highest BCUT2D eigenvalue weighted by molar-refractivity contribution is 7.20. The van der Waals surface area contributed by atoms with Crippen LogP contribution in [0.15, 0.2) is 21.9 Å². The van der Waals surface area contributed by atoms with Crippen molar-refractivity contribution in [2.45, 2.75) is 40.7 Å². The summed E-state index contributed by atoms with van der Waals surface area (Å²) in [5, 5.41) is 9.65. The molecule has 0 saturated carbocycles. The summed E-state index contributed by atoms with van der Waals surface area (Å²) < 4.78 is 6.97. The molecule has 8 nitrogen and oxygen atoms in total. The number of ether oxygens (including phenoxy) is 1. The van der Waals surface area contributed by atoms with Crippen LogP contribution >= 0.6 is 11.3 Å². The second-order valence-corrected chi connectivity index (χ2v) is 8.21. The summed E-state index contributed by atoms with van der Waals surface area (Å²) in [6.45, 7) is 8.03. The van der Waals surface area contributed by atoms with Gasteiger partial charge in [0.25, 0.3) is 5.56 Å². The lowest BCUT2D eigenvalue weighted by Gasteiger charge is -2.12. The number of carboxylic acid groups (broad SMARTS) is 1. The molecule has 154 valence electrons. The average Bonchev–Trinajstić information content (AvgIpc) is 3.00. The molecule has 0 bridgehead atoms. The Morgan fingerprint density at radius 1 is 1.38 bits per heavy atom. The SMILES string of the molecule is CCc1nc2sc(C(=O)O)c(C)c2c(=O)n1Cc1cc(=O)c(OCC(C)C)c[nH]1. The number of hydrogen-bond acceptors (Lipinski definition) is 6. The van der Waals surface area contributed by atoms with Gasteiger partial charge in [-0.05, 0) is 18.4 Å². The third kappa shape index (κ3) is 4.09. The van der Waals surface area contributed by atoms with Gasteiger partial charge >= 0.3 is 5.97 Å². The maximum atomic E-state index is 13.1. The predicted octanol–water partition coefficient (Wildman–Crippen LogP) is 2.80. The highest BCUT2D eigenvalue weighted by Gasteiger charge is 2.21. The zero-order valence-electron chi connectivity index (χ0n) is 16.7. The van der Waals surface area contributed by atoms with Gasteiger partial charge in [-0.2, -0.15) is 0 Å². The van der Waals surface area contributed by atoms with E-state index >= 15 is 0 Å². The topological polar surface area (TPSA) is 114 Å². The number of rotatable bonds is 7. The lowest BCUT2D eigenvalue weighted by atomic mass is 10.2. The molecule has 3 heterocycles. The molecule has 0 amide bonds. The van der Waals surface area contributed by atoms with E-state index in [0.717, 1.165) is 11.3 Å². The monoisotopic (exact) mass is 417 g/mol. The molecular weight excluding hydrogens is 394 g/mol. The van der Waals surface area contributed by atoms with Crippen molar-refractivity contribution in [3.8, 4) is 5.75 Å². The highest BCUT2D eigenvalue weighted by Crippen LogP contribution is 2.27. The van der Waals surface area contributed by atoms with Gasteiger partial charge in [0.05, 0.1) is 18.5 Å². The molecule has 9 heteroatoms. The molecule has 0 fully saturated rings. The second kappa shape index (κ2) is 8.20. The van der Waals surface area contributed by atoms with Crippen LogP contribution in [-0.4, -0.2) is 32.2 Å². The number of aromatic nitrogens is 3. The number of pyridine rings is 1. The summed E-state index contributed by atoms with van der Waals surface area (Å²) in [6, 6.07) is 1.41. The van der Waals surface area contributed by atoms with E-state index in [1.807, 2.05) is 20.8 Å². The van der Waals surface area contributed by atoms with E-state index in [1.165, 1.54) is 16.8 Å². The Kier molecular flexibility index (Phi) is 5.88. The number of nitrogens with one attached hydrogen (secondary N) is 1. The van der Waals surface area contributed by atoms with E-state index < -0.39 is 5.97 Å². The fourth-order valence-electron chi connectivity index (χ4n) is 3.03. The number of aromatic amines is 1. The minimum absolute atomic E-state index is 0.115. The van der Waals surface area contributed by atoms with Crippen molar-refractivity contribution in [3.63, 3.8) is 0 Å². The Hall–Kier alpha value is -2.94. The van der Waals surface area contributed by atoms with Gasteiger partial charge in [0.2, 0.25) is 5.43 Å². The Bertz CT molecular complexity index is 1190. The summed E-state index contributed by atoms with van der Waals surface area (Å²) in [4.78, 5) is 44.9. The second-order valence-electron chi connectivity index (χ2n) is 7.21. The molecule has 3 aromatic rings. The van der Waals surface area contributed by atoms with Crippen molar-refractivity contribution < 1.29 is 14.6 Å². The lowest BCUT2D eigenvalue weighted by Crippen LogP contribution is -2.26. The van der Waals surface area contributed by atoms with Gasteiger partial charge in [0.1, 0.15) is 15.5 Å². The van der Waals surface area contributed by atoms with Gasteiger partial charge in [0.15, 0.2) is 5.75 Å². The number of hydrogen-bond donors (Lipinski definition) is 2. The molecule has 0 radical (unpaired) electrons. The van der Waals surface area contributed by atoms with Crippen LogP contribution in [-0.2, 0) is 13.0 Å². The Morgan fingerprint density at radius 3 is 2.69 bits per heavy atom. The van der Waals surface area contributed by atoms with Crippen LogP contribution in [0.2, 0.25) is 0 Å². The van der Waals surface area contributed by atoms with Crippen LogP contribution in [0, 0.1) is 12.8 Å². The van der Waals surface area contributed by atoms with E-state index in [9.17, 15) is 19.5 Å². The summed E-state index contributed by atoms with van der Waals surface area (Å²) in [5.74, 6) is -0.0153. The fourth-order valence-corrected chi connectivity index (χ4v) is 4.06. The van der Waals surface area contributed by atoms with Gasteiger partial charge in [-0.15, -0.1) is 11.3 Å². The molecule has 0 aromatic carbocycles. The van der Waals surface area contributed by atoms with Crippen LogP contribution in [0.5, 0.6) is 5.75 Å². The van der Waals surface area contributed by atoms with Crippen LogP contribution < -0.4 is 15.7 Å². The summed E-state index contributed by atoms with van der Waals surface area (Å²) in [5.41, 5.74) is 0.377. The Morgan fingerprint density at radius 2 is 2.10 bits per heavy atom. The number of aryl methyl sites for hydroxylation is 2. The van der Waals surface area contributed by atoms with Crippen LogP contribution in [0.25, 0.3) is 10.2 Å². The summed E-state index contributed by atoms with van der Waals surface area (Å²) >= 11 is 1.00. The zero-order chi connectivity index (χ0) is 21.3. The standard InChI is InChI=1S/C20H23N3O5S/c1-5-15-22-18-16(11(4)17(29-18)20(26)27)19(25)23(15)8-12-6-13(24)14(7-21-12)28-9-10(2)3/h6-7,10H,5,8-9H2,1-4H3,(H,21,24)(H,26,27). The molecule has 0 unspecified atom stereocenters. The van der Waals surface area contributed by atoms with Crippen molar-refractivity contribution >= 4 is 27.5 Å². The summed E-state index contributed by atoms with van der Waals surface area (Å²) in [7, 11) is 0. The van der Waals surface area contributed by atoms with Gasteiger partial charge in [-0.3, -0.25) is 14.2 Å². The molecule has 2 N–H and O–H groups in total. The number of carboxylic acids is 1. The molecule has 29 heavy (non-hydrogen) atoms. The molecule has 0 aliphatic carbocycles.